The van der Waals surface area contributed by atoms with Crippen molar-refractivity contribution in [3.05, 3.63) is 48.5 Å². The molecule has 0 radical (unpaired) electrons. The Hall–Kier alpha value is -1.44. The molecule has 84 valence electrons. The lowest BCUT2D eigenvalue weighted by molar-refractivity contribution is 0.191. The average Bonchev–Trinajstić information content (AvgIpc) is 2.20. The molecule has 0 aromatic carbocycles. The summed E-state index contributed by atoms with van der Waals surface area (Å²) in [6, 6.07) is 0. The molecular formula is C13H20O2. The van der Waals surface area contributed by atoms with Gasteiger partial charge in [0.25, 0.3) is 5.95 Å². The van der Waals surface area contributed by atoms with Crippen LogP contribution in [0.1, 0.15) is 32.6 Å². The van der Waals surface area contributed by atoms with E-state index in [1.807, 2.05) is 18.2 Å². The molecule has 0 rings (SSSR count). The molecule has 0 bridgehead atoms. The van der Waals surface area contributed by atoms with E-state index in [1.165, 1.54) is 25.3 Å². The van der Waals surface area contributed by atoms with Gasteiger partial charge in [-0.3, -0.25) is 0 Å². The van der Waals surface area contributed by atoms with Crippen molar-refractivity contribution in [3.8, 4) is 0 Å². The topological polar surface area (TPSA) is 40.5 Å². The van der Waals surface area contributed by atoms with Crippen molar-refractivity contribution < 1.29 is 10.2 Å². The van der Waals surface area contributed by atoms with Gasteiger partial charge in [0, 0.05) is 6.08 Å². The maximum Gasteiger partial charge on any atom is 0.274 e. The van der Waals surface area contributed by atoms with Gasteiger partial charge in [-0.2, -0.15) is 0 Å². The second kappa shape index (κ2) is 10.6. The van der Waals surface area contributed by atoms with Crippen LogP contribution in [-0.2, 0) is 0 Å². The summed E-state index contributed by atoms with van der Waals surface area (Å²) in [5, 5.41) is 16.8. The normalized spacial score (nSPS) is 11.8. The summed E-state index contributed by atoms with van der Waals surface area (Å²) < 4.78 is 0. The summed E-state index contributed by atoms with van der Waals surface area (Å²) in [6.45, 7) is 2.19. The number of unbranched alkanes of at least 4 members (excludes halogenated alkanes) is 3. The summed E-state index contributed by atoms with van der Waals surface area (Å²) in [7, 11) is 0. The summed E-state index contributed by atoms with van der Waals surface area (Å²) in [6.07, 6.45) is 17.3. The van der Waals surface area contributed by atoms with Crippen LogP contribution in [0.2, 0.25) is 0 Å². The van der Waals surface area contributed by atoms with Crippen LogP contribution in [0.25, 0.3) is 0 Å². The number of allylic oxidation sites excluding steroid dienone is 7. The number of aliphatic hydroxyl groups is 2. The highest BCUT2D eigenvalue weighted by atomic mass is 16.5. The Balaban J connectivity index is 3.53. The third-order valence-electron chi connectivity index (χ3n) is 1.80. The molecule has 0 spiro atoms. The maximum atomic E-state index is 8.40. The van der Waals surface area contributed by atoms with E-state index in [4.69, 9.17) is 10.2 Å². The van der Waals surface area contributed by atoms with Crippen LogP contribution in [0.3, 0.4) is 0 Å². The predicted molar refractivity (Wildman–Crippen MR) is 64.9 cm³/mol. The molecule has 0 aliphatic rings. The van der Waals surface area contributed by atoms with Crippen LogP contribution in [0, 0.1) is 0 Å². The quantitative estimate of drug-likeness (QED) is 0.374. The van der Waals surface area contributed by atoms with Crippen molar-refractivity contribution in [2.75, 3.05) is 0 Å². The molecule has 2 nitrogen and oxygen atoms in total. The molecule has 0 aromatic heterocycles. The number of aliphatic hydroxyl groups excluding tert-OH is 1. The monoisotopic (exact) mass is 208 g/mol. The van der Waals surface area contributed by atoms with Crippen molar-refractivity contribution in [1.82, 2.24) is 0 Å². The first-order valence-electron chi connectivity index (χ1n) is 5.35. The van der Waals surface area contributed by atoms with Crippen LogP contribution in [-0.4, -0.2) is 10.2 Å². The first-order chi connectivity index (χ1) is 7.27. The Morgan fingerprint density at radius 2 is 1.60 bits per heavy atom. The van der Waals surface area contributed by atoms with Crippen molar-refractivity contribution >= 4 is 0 Å². The van der Waals surface area contributed by atoms with Gasteiger partial charge in [-0.1, -0.05) is 56.2 Å². The zero-order valence-corrected chi connectivity index (χ0v) is 9.26. The van der Waals surface area contributed by atoms with Gasteiger partial charge in [0.2, 0.25) is 0 Å². The van der Waals surface area contributed by atoms with Crippen LogP contribution in [0.15, 0.2) is 48.5 Å². The minimum absolute atomic E-state index is 0.672. The molecule has 0 atom stereocenters. The van der Waals surface area contributed by atoms with E-state index in [2.05, 4.69) is 13.0 Å². The van der Waals surface area contributed by atoms with E-state index >= 15 is 0 Å². The molecule has 0 aromatic rings. The molecule has 15 heavy (non-hydrogen) atoms. The van der Waals surface area contributed by atoms with Gasteiger partial charge < -0.3 is 10.2 Å². The van der Waals surface area contributed by atoms with E-state index < -0.39 is 5.95 Å². The highest BCUT2D eigenvalue weighted by molar-refractivity contribution is 5.15. The molecule has 0 unspecified atom stereocenters. The first kappa shape index (κ1) is 13.6. The van der Waals surface area contributed by atoms with Gasteiger partial charge in [0.05, 0.1) is 0 Å². The minimum Gasteiger partial charge on any atom is -0.481 e. The van der Waals surface area contributed by atoms with Gasteiger partial charge in [0.15, 0.2) is 0 Å². The highest BCUT2D eigenvalue weighted by Crippen LogP contribution is 1.99. The second-order valence-corrected chi connectivity index (χ2v) is 3.22. The van der Waals surface area contributed by atoms with E-state index in [1.54, 1.807) is 12.2 Å². The van der Waals surface area contributed by atoms with Crippen molar-refractivity contribution in [2.45, 2.75) is 32.6 Å². The van der Waals surface area contributed by atoms with Gasteiger partial charge in [-0.25, -0.2) is 0 Å². The van der Waals surface area contributed by atoms with E-state index in [0.717, 1.165) is 6.42 Å². The van der Waals surface area contributed by atoms with Crippen LogP contribution >= 0.6 is 0 Å². The Labute approximate surface area is 91.9 Å². The molecule has 0 heterocycles. The van der Waals surface area contributed by atoms with Crippen molar-refractivity contribution in [3.63, 3.8) is 0 Å². The Morgan fingerprint density at radius 3 is 2.27 bits per heavy atom. The summed E-state index contributed by atoms with van der Waals surface area (Å²) in [5.41, 5.74) is 0. The molecule has 0 saturated carbocycles. The summed E-state index contributed by atoms with van der Waals surface area (Å²) in [5.74, 6) is -0.672. The number of hydrogen-bond donors (Lipinski definition) is 2. The van der Waals surface area contributed by atoms with Crippen molar-refractivity contribution in [2.24, 2.45) is 0 Å². The Kier molecular flexibility index (Phi) is 9.62. The fraction of sp³-hybridized carbons (Fsp3) is 0.385. The molecule has 2 heteroatoms. The largest absolute Gasteiger partial charge is 0.481 e. The van der Waals surface area contributed by atoms with E-state index in [9.17, 15) is 0 Å². The average molecular weight is 208 g/mol. The third-order valence-corrected chi connectivity index (χ3v) is 1.80. The molecule has 0 aliphatic carbocycles. The van der Waals surface area contributed by atoms with Crippen molar-refractivity contribution in [1.29, 1.82) is 0 Å². The fourth-order valence-electron chi connectivity index (χ4n) is 1.02. The Morgan fingerprint density at radius 1 is 0.933 bits per heavy atom. The molecule has 0 fully saturated rings. The SMILES string of the molecule is CCCCCC=CC=CC=CC=C(O)O. The lowest BCUT2D eigenvalue weighted by atomic mass is 10.2. The number of rotatable bonds is 7. The maximum absolute atomic E-state index is 8.40. The smallest absolute Gasteiger partial charge is 0.274 e. The van der Waals surface area contributed by atoms with Crippen LogP contribution < -0.4 is 0 Å². The zero-order valence-electron chi connectivity index (χ0n) is 9.26. The van der Waals surface area contributed by atoms with Crippen LogP contribution in [0.4, 0.5) is 0 Å². The fourth-order valence-corrected chi connectivity index (χ4v) is 1.02. The standard InChI is InChI=1S/C13H20O2/c1-2-3-4-5-6-7-8-9-10-11-12-13(14)15/h6-12,14-15H,2-5H2,1H3. The zero-order chi connectivity index (χ0) is 11.4. The molecule has 0 amide bonds. The van der Waals surface area contributed by atoms with Gasteiger partial charge in [0.1, 0.15) is 0 Å². The highest BCUT2D eigenvalue weighted by Gasteiger charge is 1.79. The van der Waals surface area contributed by atoms with E-state index in [-0.39, 0.29) is 0 Å². The first-order valence-corrected chi connectivity index (χ1v) is 5.35. The Bertz CT molecular complexity index is 243. The van der Waals surface area contributed by atoms with Gasteiger partial charge >= 0.3 is 0 Å². The molecular weight excluding hydrogens is 188 g/mol. The molecule has 2 N–H and O–H groups in total. The minimum atomic E-state index is -0.672. The third kappa shape index (κ3) is 12.6. The van der Waals surface area contributed by atoms with Gasteiger partial charge in [-0.15, -0.1) is 0 Å². The lowest BCUT2D eigenvalue weighted by Gasteiger charge is -1.89. The summed E-state index contributed by atoms with van der Waals surface area (Å²) in [4.78, 5) is 0. The predicted octanol–water partition coefficient (Wildman–Crippen LogP) is 4.19. The second-order valence-electron chi connectivity index (χ2n) is 3.22. The number of hydrogen-bond acceptors (Lipinski definition) is 2. The van der Waals surface area contributed by atoms with Crippen LogP contribution in [0.5, 0.6) is 0 Å². The van der Waals surface area contributed by atoms with Gasteiger partial charge in [-0.05, 0) is 12.8 Å². The van der Waals surface area contributed by atoms with E-state index in [0.29, 0.717) is 0 Å². The molecule has 0 aliphatic heterocycles. The lowest BCUT2D eigenvalue weighted by Crippen LogP contribution is -1.70. The molecule has 0 saturated heterocycles. The summed E-state index contributed by atoms with van der Waals surface area (Å²) >= 11 is 0.